The van der Waals surface area contributed by atoms with Gasteiger partial charge >= 0.3 is 0 Å². The van der Waals surface area contributed by atoms with Gasteiger partial charge in [0.25, 0.3) is 0 Å². The topological polar surface area (TPSA) is 73.1 Å². The fraction of sp³-hybridized carbons (Fsp3) is 0.400. The first-order valence-corrected chi connectivity index (χ1v) is 5.01. The summed E-state index contributed by atoms with van der Waals surface area (Å²) in [6.07, 6.45) is 0.863. The number of piperazine rings is 1. The molecule has 6 nitrogen and oxygen atoms in total. The fourth-order valence-electron chi connectivity index (χ4n) is 1.61. The van der Waals surface area contributed by atoms with Crippen LogP contribution in [0.15, 0.2) is 12.1 Å². The summed E-state index contributed by atoms with van der Waals surface area (Å²) in [5, 5.41) is 16.3. The Kier molecular flexibility index (Phi) is 2.96. The maximum absolute atomic E-state index is 10.5. The number of aromatic nitrogens is 2. The van der Waals surface area contributed by atoms with Gasteiger partial charge in [0.1, 0.15) is 6.07 Å². The van der Waals surface area contributed by atoms with E-state index in [1.807, 2.05) is 11.0 Å². The number of anilines is 1. The first kappa shape index (κ1) is 10.4. The van der Waals surface area contributed by atoms with E-state index in [0.717, 1.165) is 25.3 Å². The predicted molar refractivity (Wildman–Crippen MR) is 56.6 cm³/mol. The summed E-state index contributed by atoms with van der Waals surface area (Å²) < 4.78 is 0. The summed E-state index contributed by atoms with van der Waals surface area (Å²) in [6.45, 7) is 2.90. The van der Waals surface area contributed by atoms with Gasteiger partial charge in [0.05, 0.1) is 0 Å². The quantitative estimate of drug-likeness (QED) is 0.632. The molecule has 0 N–H and O–H groups in total. The van der Waals surface area contributed by atoms with Gasteiger partial charge in [-0.25, -0.2) is 0 Å². The Labute approximate surface area is 93.1 Å². The number of amides is 1. The molecule has 0 aromatic carbocycles. The number of rotatable bonds is 2. The third-order valence-corrected chi connectivity index (χ3v) is 2.55. The average molecular weight is 217 g/mol. The number of carbonyl (C=O) groups excluding carboxylic acids is 1. The molecule has 0 saturated carbocycles. The predicted octanol–water partition coefficient (Wildman–Crippen LogP) is -0.373. The molecule has 0 unspecified atom stereocenters. The van der Waals surface area contributed by atoms with Gasteiger partial charge in [-0.1, -0.05) is 0 Å². The third-order valence-electron chi connectivity index (χ3n) is 2.55. The van der Waals surface area contributed by atoms with Crippen LogP contribution in [0.5, 0.6) is 0 Å². The van der Waals surface area contributed by atoms with Crippen molar-refractivity contribution in [2.24, 2.45) is 0 Å². The molecule has 0 bridgehead atoms. The minimum absolute atomic E-state index is 0.315. The largest absolute Gasteiger partial charge is 0.352 e. The molecule has 1 aromatic rings. The molecule has 1 aromatic heterocycles. The molecule has 2 heterocycles. The molecule has 16 heavy (non-hydrogen) atoms. The molecule has 0 aliphatic carbocycles. The summed E-state index contributed by atoms with van der Waals surface area (Å²) in [4.78, 5) is 14.3. The molecule has 6 heteroatoms. The van der Waals surface area contributed by atoms with Crippen LogP contribution in [0, 0.1) is 11.3 Å². The van der Waals surface area contributed by atoms with Crippen molar-refractivity contribution in [3.05, 3.63) is 17.8 Å². The first-order valence-electron chi connectivity index (χ1n) is 5.01. The van der Waals surface area contributed by atoms with Gasteiger partial charge in [0.15, 0.2) is 11.5 Å². The van der Waals surface area contributed by atoms with Gasteiger partial charge in [-0.15, -0.1) is 10.2 Å². The molecule has 1 aliphatic rings. The normalized spacial score (nSPS) is 15.7. The van der Waals surface area contributed by atoms with E-state index < -0.39 is 0 Å². The van der Waals surface area contributed by atoms with Crippen molar-refractivity contribution in [2.45, 2.75) is 0 Å². The Morgan fingerprint density at radius 1 is 1.25 bits per heavy atom. The Hall–Kier alpha value is -2.16. The summed E-state index contributed by atoms with van der Waals surface area (Å²) in [7, 11) is 0. The van der Waals surface area contributed by atoms with Gasteiger partial charge in [-0.3, -0.25) is 4.79 Å². The van der Waals surface area contributed by atoms with Crippen molar-refractivity contribution in [1.29, 1.82) is 5.26 Å². The van der Waals surface area contributed by atoms with Crippen LogP contribution in [0.4, 0.5) is 5.82 Å². The van der Waals surface area contributed by atoms with Crippen molar-refractivity contribution in [1.82, 2.24) is 15.1 Å². The molecule has 1 amide bonds. The van der Waals surface area contributed by atoms with Crippen molar-refractivity contribution < 1.29 is 4.79 Å². The highest BCUT2D eigenvalue weighted by molar-refractivity contribution is 5.49. The Balaban J connectivity index is 2.03. The van der Waals surface area contributed by atoms with E-state index in [-0.39, 0.29) is 0 Å². The van der Waals surface area contributed by atoms with Gasteiger partial charge < -0.3 is 9.80 Å². The number of nitrogens with zero attached hydrogens (tertiary/aromatic N) is 5. The first-order chi connectivity index (χ1) is 7.83. The zero-order valence-corrected chi connectivity index (χ0v) is 8.70. The molecule has 2 rings (SSSR count). The van der Waals surface area contributed by atoms with Crippen molar-refractivity contribution >= 4 is 12.2 Å². The molecule has 0 spiro atoms. The maximum atomic E-state index is 10.5. The third kappa shape index (κ3) is 2.08. The minimum atomic E-state index is 0.315. The molecular formula is C10H11N5O. The van der Waals surface area contributed by atoms with Crippen LogP contribution < -0.4 is 4.90 Å². The maximum Gasteiger partial charge on any atom is 0.209 e. The van der Waals surface area contributed by atoms with Gasteiger partial charge in [0.2, 0.25) is 6.41 Å². The Bertz CT molecular complexity index is 402. The highest BCUT2D eigenvalue weighted by Crippen LogP contribution is 2.11. The second-order valence-electron chi connectivity index (χ2n) is 3.52. The lowest BCUT2D eigenvalue weighted by Crippen LogP contribution is -2.46. The summed E-state index contributed by atoms with van der Waals surface area (Å²) in [5.41, 5.74) is 0.315. The van der Waals surface area contributed by atoms with E-state index in [1.54, 1.807) is 17.0 Å². The highest BCUT2D eigenvalue weighted by atomic mass is 16.1. The van der Waals surface area contributed by atoms with E-state index in [9.17, 15) is 4.79 Å². The molecule has 82 valence electrons. The highest BCUT2D eigenvalue weighted by Gasteiger charge is 2.16. The summed E-state index contributed by atoms with van der Waals surface area (Å²) >= 11 is 0. The Morgan fingerprint density at radius 2 is 2.00 bits per heavy atom. The smallest absolute Gasteiger partial charge is 0.209 e. The van der Waals surface area contributed by atoms with E-state index in [4.69, 9.17) is 5.26 Å². The van der Waals surface area contributed by atoms with Crippen molar-refractivity contribution in [3.8, 4) is 6.07 Å². The zero-order chi connectivity index (χ0) is 11.4. The second kappa shape index (κ2) is 4.57. The van der Waals surface area contributed by atoms with Crippen LogP contribution in [-0.2, 0) is 4.79 Å². The van der Waals surface area contributed by atoms with Gasteiger partial charge in [-0.2, -0.15) is 5.26 Å². The van der Waals surface area contributed by atoms with Crippen LogP contribution in [0.2, 0.25) is 0 Å². The SMILES string of the molecule is N#Cc1ccc(N2CCN(C=O)CC2)nn1. The number of carbonyl (C=O) groups is 1. The number of hydrogen-bond acceptors (Lipinski definition) is 5. The standard InChI is InChI=1S/C10H11N5O/c11-7-9-1-2-10(13-12-9)15-5-3-14(8-16)4-6-15/h1-2,8H,3-6H2. The Morgan fingerprint density at radius 3 is 2.50 bits per heavy atom. The van der Waals surface area contributed by atoms with Crippen LogP contribution in [0.25, 0.3) is 0 Å². The fourth-order valence-corrected chi connectivity index (χ4v) is 1.61. The lowest BCUT2D eigenvalue weighted by Gasteiger charge is -2.32. The molecular weight excluding hydrogens is 206 g/mol. The van der Waals surface area contributed by atoms with Crippen LogP contribution in [-0.4, -0.2) is 47.7 Å². The van der Waals surface area contributed by atoms with Gasteiger partial charge in [-0.05, 0) is 12.1 Å². The van der Waals surface area contributed by atoms with Crippen molar-refractivity contribution in [2.75, 3.05) is 31.1 Å². The lowest BCUT2D eigenvalue weighted by atomic mass is 10.3. The molecule has 1 aliphatic heterocycles. The molecule has 0 atom stereocenters. The van der Waals surface area contributed by atoms with Gasteiger partial charge in [0, 0.05) is 26.2 Å². The number of hydrogen-bond donors (Lipinski definition) is 0. The second-order valence-corrected chi connectivity index (χ2v) is 3.52. The van der Waals surface area contributed by atoms with Crippen molar-refractivity contribution in [3.63, 3.8) is 0 Å². The average Bonchev–Trinajstić information content (AvgIpc) is 2.39. The van der Waals surface area contributed by atoms with E-state index in [1.165, 1.54) is 0 Å². The van der Waals surface area contributed by atoms with Crippen LogP contribution in [0.3, 0.4) is 0 Å². The summed E-state index contributed by atoms with van der Waals surface area (Å²) in [5.74, 6) is 0.754. The minimum Gasteiger partial charge on any atom is -0.352 e. The molecule has 1 saturated heterocycles. The molecule has 0 radical (unpaired) electrons. The monoisotopic (exact) mass is 217 g/mol. The summed E-state index contributed by atoms with van der Waals surface area (Å²) in [6, 6.07) is 5.35. The van der Waals surface area contributed by atoms with E-state index in [0.29, 0.717) is 18.8 Å². The van der Waals surface area contributed by atoms with E-state index >= 15 is 0 Å². The van der Waals surface area contributed by atoms with Crippen LogP contribution in [0.1, 0.15) is 5.69 Å². The zero-order valence-electron chi connectivity index (χ0n) is 8.70. The lowest BCUT2D eigenvalue weighted by molar-refractivity contribution is -0.118. The molecule has 1 fully saturated rings. The number of nitriles is 1. The van der Waals surface area contributed by atoms with E-state index in [2.05, 4.69) is 10.2 Å². The van der Waals surface area contributed by atoms with Crippen LogP contribution >= 0.6 is 0 Å².